The molecule has 2 aliphatic carbocycles. The topological polar surface area (TPSA) is 17.3 Å². The first-order valence-corrected chi connectivity index (χ1v) is 10.9. The Labute approximate surface area is 179 Å². The molecule has 0 unspecified atom stereocenters. The SMILES string of the molecule is c1ccc2c(c1)Cc1ccc3c(c1-2)-c1c(nc2c4ccccc4c4ccccc4n12)C3. The molecule has 31 heavy (non-hydrogen) atoms. The summed E-state index contributed by atoms with van der Waals surface area (Å²) in [4.78, 5) is 5.23. The summed E-state index contributed by atoms with van der Waals surface area (Å²) >= 11 is 0. The number of imidazole rings is 1. The maximum atomic E-state index is 5.23. The number of rotatable bonds is 0. The van der Waals surface area contributed by atoms with Gasteiger partial charge in [-0.15, -0.1) is 0 Å². The first-order valence-electron chi connectivity index (χ1n) is 10.9. The van der Waals surface area contributed by atoms with Crippen molar-refractivity contribution in [2.24, 2.45) is 0 Å². The van der Waals surface area contributed by atoms with Crippen molar-refractivity contribution in [1.82, 2.24) is 9.38 Å². The molecular formula is C29H18N2. The molecule has 0 bridgehead atoms. The summed E-state index contributed by atoms with van der Waals surface area (Å²) in [5.74, 6) is 0. The van der Waals surface area contributed by atoms with Gasteiger partial charge in [0.15, 0.2) is 0 Å². The van der Waals surface area contributed by atoms with E-state index in [1.54, 1.807) is 0 Å². The minimum absolute atomic E-state index is 0.907. The minimum atomic E-state index is 0.907. The largest absolute Gasteiger partial charge is 0.291 e. The van der Waals surface area contributed by atoms with Crippen LogP contribution in [0.15, 0.2) is 84.9 Å². The molecule has 0 saturated heterocycles. The van der Waals surface area contributed by atoms with Gasteiger partial charge in [-0.3, -0.25) is 4.40 Å². The van der Waals surface area contributed by atoms with Crippen molar-refractivity contribution in [3.05, 3.63) is 107 Å². The van der Waals surface area contributed by atoms with Gasteiger partial charge in [0.25, 0.3) is 0 Å². The van der Waals surface area contributed by atoms with E-state index in [2.05, 4.69) is 89.3 Å². The lowest BCUT2D eigenvalue weighted by Crippen LogP contribution is -1.96. The van der Waals surface area contributed by atoms with Crippen LogP contribution in [0, 0.1) is 0 Å². The molecular weight excluding hydrogens is 376 g/mol. The van der Waals surface area contributed by atoms with E-state index in [-0.39, 0.29) is 0 Å². The third-order valence-electron chi connectivity index (χ3n) is 7.19. The standard InChI is InChI=1S/C29H18N2/c1-2-8-20-17(7-1)15-18-13-14-19-16-24-28(27(19)26(18)20)31-25-12-6-5-10-22(25)21-9-3-4-11-23(21)29(31)30-24/h1-14H,15-16H2. The van der Waals surface area contributed by atoms with Gasteiger partial charge >= 0.3 is 0 Å². The number of benzene rings is 4. The molecule has 0 saturated carbocycles. The second kappa shape index (κ2) is 5.41. The van der Waals surface area contributed by atoms with Crippen molar-refractivity contribution in [2.75, 3.05) is 0 Å². The van der Waals surface area contributed by atoms with E-state index < -0.39 is 0 Å². The second-order valence-corrected chi connectivity index (χ2v) is 8.77. The first-order chi connectivity index (χ1) is 15.4. The van der Waals surface area contributed by atoms with Crippen molar-refractivity contribution in [1.29, 1.82) is 0 Å². The van der Waals surface area contributed by atoms with Crippen molar-refractivity contribution < 1.29 is 0 Å². The fourth-order valence-corrected chi connectivity index (χ4v) is 5.94. The molecule has 4 aromatic carbocycles. The van der Waals surface area contributed by atoms with Gasteiger partial charge in [0, 0.05) is 22.8 Å². The Morgan fingerprint density at radius 2 is 1.29 bits per heavy atom. The van der Waals surface area contributed by atoms with E-state index in [1.807, 2.05) is 0 Å². The van der Waals surface area contributed by atoms with E-state index in [4.69, 9.17) is 4.98 Å². The highest BCUT2D eigenvalue weighted by atomic mass is 15.0. The average molecular weight is 394 g/mol. The Morgan fingerprint density at radius 3 is 2.19 bits per heavy atom. The van der Waals surface area contributed by atoms with Crippen LogP contribution in [0.5, 0.6) is 0 Å². The van der Waals surface area contributed by atoms with Crippen LogP contribution in [-0.4, -0.2) is 9.38 Å². The van der Waals surface area contributed by atoms with Crippen LogP contribution in [-0.2, 0) is 12.8 Å². The monoisotopic (exact) mass is 394 g/mol. The van der Waals surface area contributed by atoms with Crippen LogP contribution in [0.4, 0.5) is 0 Å². The fourth-order valence-electron chi connectivity index (χ4n) is 5.94. The van der Waals surface area contributed by atoms with Crippen molar-refractivity contribution in [2.45, 2.75) is 12.8 Å². The summed E-state index contributed by atoms with van der Waals surface area (Å²) in [5.41, 5.74) is 13.3. The summed E-state index contributed by atoms with van der Waals surface area (Å²) in [7, 11) is 0. The Bertz CT molecular complexity index is 1740. The minimum Gasteiger partial charge on any atom is -0.291 e. The van der Waals surface area contributed by atoms with Crippen molar-refractivity contribution >= 4 is 27.3 Å². The second-order valence-electron chi connectivity index (χ2n) is 8.77. The number of hydrogen-bond acceptors (Lipinski definition) is 1. The average Bonchev–Trinajstić information content (AvgIpc) is 3.48. The Morgan fingerprint density at radius 1 is 0.581 bits per heavy atom. The van der Waals surface area contributed by atoms with E-state index >= 15 is 0 Å². The lowest BCUT2D eigenvalue weighted by Gasteiger charge is -2.14. The predicted molar refractivity (Wildman–Crippen MR) is 127 cm³/mol. The molecule has 0 radical (unpaired) electrons. The summed E-state index contributed by atoms with van der Waals surface area (Å²) in [5, 5.41) is 3.79. The first kappa shape index (κ1) is 15.9. The van der Waals surface area contributed by atoms with Gasteiger partial charge in [0.2, 0.25) is 0 Å². The van der Waals surface area contributed by atoms with Crippen LogP contribution in [0.25, 0.3) is 49.7 Å². The molecule has 2 aliphatic rings. The molecule has 2 heterocycles. The van der Waals surface area contributed by atoms with Crippen LogP contribution >= 0.6 is 0 Å². The molecule has 0 amide bonds. The zero-order chi connectivity index (χ0) is 20.1. The quantitative estimate of drug-likeness (QED) is 0.259. The summed E-state index contributed by atoms with van der Waals surface area (Å²) < 4.78 is 2.43. The van der Waals surface area contributed by atoms with Gasteiger partial charge in [-0.2, -0.15) is 0 Å². The number of para-hydroxylation sites is 1. The molecule has 0 N–H and O–H groups in total. The molecule has 0 atom stereocenters. The Hall–Kier alpha value is -3.91. The van der Waals surface area contributed by atoms with Gasteiger partial charge in [-0.25, -0.2) is 4.98 Å². The van der Waals surface area contributed by atoms with Crippen LogP contribution in [0.2, 0.25) is 0 Å². The highest BCUT2D eigenvalue weighted by molar-refractivity contribution is 6.13. The smallest absolute Gasteiger partial charge is 0.145 e. The molecule has 144 valence electrons. The molecule has 8 rings (SSSR count). The highest BCUT2D eigenvalue weighted by Gasteiger charge is 2.32. The maximum absolute atomic E-state index is 5.23. The number of nitrogens with zero attached hydrogens (tertiary/aromatic N) is 2. The number of fused-ring (bicyclic) bond motifs is 14. The molecule has 0 spiro atoms. The van der Waals surface area contributed by atoms with Crippen LogP contribution in [0.1, 0.15) is 22.4 Å². The van der Waals surface area contributed by atoms with Crippen molar-refractivity contribution in [3.8, 4) is 22.4 Å². The molecule has 0 aliphatic heterocycles. The lowest BCUT2D eigenvalue weighted by atomic mass is 9.95. The summed E-state index contributed by atoms with van der Waals surface area (Å²) in [6.07, 6.45) is 1.93. The predicted octanol–water partition coefficient (Wildman–Crippen LogP) is 6.78. The molecule has 0 fully saturated rings. The van der Waals surface area contributed by atoms with E-state index in [0.29, 0.717) is 0 Å². The van der Waals surface area contributed by atoms with Crippen LogP contribution in [0.3, 0.4) is 0 Å². The van der Waals surface area contributed by atoms with E-state index in [0.717, 1.165) is 18.5 Å². The van der Waals surface area contributed by atoms with E-state index in [1.165, 1.54) is 66.4 Å². The van der Waals surface area contributed by atoms with Crippen LogP contribution < -0.4 is 0 Å². The molecule has 6 aromatic rings. The van der Waals surface area contributed by atoms with E-state index in [9.17, 15) is 0 Å². The zero-order valence-corrected chi connectivity index (χ0v) is 16.9. The molecule has 2 nitrogen and oxygen atoms in total. The summed E-state index contributed by atoms with van der Waals surface area (Å²) in [6, 6.07) is 31.0. The number of hydrogen-bond donors (Lipinski definition) is 0. The van der Waals surface area contributed by atoms with Gasteiger partial charge in [0.1, 0.15) is 5.65 Å². The third-order valence-corrected chi connectivity index (χ3v) is 7.19. The molecule has 2 aromatic heterocycles. The van der Waals surface area contributed by atoms with Gasteiger partial charge in [0.05, 0.1) is 16.9 Å². The Kier molecular flexibility index (Phi) is 2.77. The van der Waals surface area contributed by atoms with Gasteiger partial charge in [-0.05, 0) is 45.7 Å². The molecule has 2 heteroatoms. The Balaban J connectivity index is 1.59. The van der Waals surface area contributed by atoms with Crippen molar-refractivity contribution in [3.63, 3.8) is 0 Å². The normalized spacial score (nSPS) is 13.5. The van der Waals surface area contributed by atoms with Gasteiger partial charge in [-0.1, -0.05) is 78.9 Å². The lowest BCUT2D eigenvalue weighted by molar-refractivity contribution is 1.16. The maximum Gasteiger partial charge on any atom is 0.145 e. The number of aromatic nitrogens is 2. The summed E-state index contributed by atoms with van der Waals surface area (Å²) in [6.45, 7) is 0. The fraction of sp³-hybridized carbons (Fsp3) is 0.0690. The zero-order valence-electron chi connectivity index (χ0n) is 16.9. The van der Waals surface area contributed by atoms with Gasteiger partial charge < -0.3 is 0 Å². The highest BCUT2D eigenvalue weighted by Crippen LogP contribution is 2.50. The number of pyridine rings is 1. The third kappa shape index (κ3) is 1.87.